The van der Waals surface area contributed by atoms with Gasteiger partial charge < -0.3 is 0 Å². The van der Waals surface area contributed by atoms with Crippen molar-refractivity contribution in [2.75, 3.05) is 0 Å². The first-order valence-electron chi connectivity index (χ1n) is 4.84. The van der Waals surface area contributed by atoms with E-state index in [-0.39, 0.29) is 0 Å². The lowest BCUT2D eigenvalue weighted by molar-refractivity contribution is 1.10. The average Bonchev–Trinajstić information content (AvgIpc) is 3.00. The topological polar surface area (TPSA) is 70.2 Å². The fourth-order valence-corrected chi connectivity index (χ4v) is 2.18. The van der Waals surface area contributed by atoms with Gasteiger partial charge in [-0.15, -0.1) is 0 Å². The van der Waals surface area contributed by atoms with E-state index in [9.17, 15) is 0 Å². The van der Waals surface area contributed by atoms with Crippen molar-refractivity contribution in [1.82, 2.24) is 24.5 Å². The van der Waals surface area contributed by atoms with Crippen molar-refractivity contribution in [2.45, 2.75) is 0 Å². The second-order valence-corrected chi connectivity index (χ2v) is 4.78. The molecule has 0 fully saturated rings. The number of rotatable bonds is 2. The molecule has 0 saturated carbocycles. The highest BCUT2D eigenvalue weighted by Crippen LogP contribution is 2.20. The van der Waals surface area contributed by atoms with Gasteiger partial charge in [-0.3, -0.25) is 9.47 Å². The molecule has 5 nitrogen and oxygen atoms in total. The largest absolute Gasteiger partial charge is 0.293 e. The van der Waals surface area contributed by atoms with E-state index >= 15 is 0 Å². The van der Waals surface area contributed by atoms with Crippen molar-refractivity contribution in [3.05, 3.63) is 34.5 Å². The summed E-state index contributed by atoms with van der Waals surface area (Å²) < 4.78 is 3.68. The number of nitrogens with zero attached hydrogens (tertiary/aromatic N) is 3. The van der Waals surface area contributed by atoms with Crippen LogP contribution in [0.3, 0.4) is 0 Å². The summed E-state index contributed by atoms with van der Waals surface area (Å²) in [5.41, 5.74) is 1.99. The van der Waals surface area contributed by atoms with Gasteiger partial charge in [0, 0.05) is 11.1 Å². The lowest BCUT2D eigenvalue weighted by atomic mass is 10.1. The van der Waals surface area contributed by atoms with Crippen molar-refractivity contribution in [2.24, 2.45) is 0 Å². The number of hydrogen-bond donors (Lipinski definition) is 2. The van der Waals surface area contributed by atoms with E-state index in [1.165, 1.54) is 17.9 Å². The monoisotopic (exact) mass is 261 g/mol. The molecule has 0 atom stereocenters. The Kier molecular flexibility index (Phi) is 2.54. The van der Waals surface area contributed by atoms with Crippen LogP contribution >= 0.6 is 23.8 Å². The Labute approximate surface area is 106 Å². The minimum absolute atomic E-state index is 0.610. The maximum absolute atomic E-state index is 4.98. The van der Waals surface area contributed by atoms with Crippen molar-refractivity contribution in [3.8, 4) is 22.8 Å². The van der Waals surface area contributed by atoms with Gasteiger partial charge in [-0.25, -0.2) is 9.97 Å². The van der Waals surface area contributed by atoms with Gasteiger partial charge in [0.25, 0.3) is 0 Å². The normalized spacial score (nSPS) is 10.6. The van der Waals surface area contributed by atoms with Crippen LogP contribution in [-0.4, -0.2) is 24.5 Å². The first kappa shape index (κ1) is 10.3. The maximum Gasteiger partial charge on any atom is 0.198 e. The van der Waals surface area contributed by atoms with Crippen LogP contribution in [-0.2, 0) is 0 Å². The molecule has 0 aliphatic rings. The number of nitrogens with one attached hydrogen (secondary N) is 2. The van der Waals surface area contributed by atoms with Gasteiger partial charge in [-0.05, 0) is 23.8 Å². The zero-order valence-electron chi connectivity index (χ0n) is 8.54. The van der Waals surface area contributed by atoms with E-state index in [1.807, 2.05) is 24.3 Å². The highest BCUT2D eigenvalue weighted by Gasteiger charge is 2.03. The quantitative estimate of drug-likeness (QED) is 0.696. The second kappa shape index (κ2) is 4.19. The number of aromatic nitrogens is 5. The highest BCUT2D eigenvalue weighted by molar-refractivity contribution is 7.73. The lowest BCUT2D eigenvalue weighted by Crippen LogP contribution is -1.83. The van der Waals surface area contributed by atoms with E-state index in [0.717, 1.165) is 22.8 Å². The van der Waals surface area contributed by atoms with Gasteiger partial charge >= 0.3 is 0 Å². The SMILES string of the molecule is S=c1nc(-c2ccc(-c3ncn[nH]3)cc2)[nH]s1. The van der Waals surface area contributed by atoms with Crippen LogP contribution in [0.1, 0.15) is 0 Å². The Morgan fingerprint density at radius 1 is 1.06 bits per heavy atom. The molecule has 0 unspecified atom stereocenters. The predicted molar refractivity (Wildman–Crippen MR) is 68.1 cm³/mol. The fraction of sp³-hybridized carbons (Fsp3) is 0. The maximum atomic E-state index is 4.98. The van der Waals surface area contributed by atoms with E-state index in [2.05, 4.69) is 24.5 Å². The average molecular weight is 261 g/mol. The molecule has 2 heterocycles. The highest BCUT2D eigenvalue weighted by atomic mass is 32.2. The molecule has 84 valence electrons. The Morgan fingerprint density at radius 3 is 2.29 bits per heavy atom. The smallest absolute Gasteiger partial charge is 0.198 e. The predicted octanol–water partition coefficient (Wildman–Crippen LogP) is 2.65. The molecular weight excluding hydrogens is 254 g/mol. The van der Waals surface area contributed by atoms with Crippen molar-refractivity contribution in [1.29, 1.82) is 0 Å². The first-order valence-corrected chi connectivity index (χ1v) is 6.07. The van der Waals surface area contributed by atoms with E-state index < -0.39 is 0 Å². The third-order valence-corrected chi connectivity index (χ3v) is 3.19. The standard InChI is InChI=1S/C10H7N5S2/c16-10-13-9(15-17-10)7-3-1-6(2-4-7)8-11-5-12-14-8/h1-5H,(H,11,12,14)(H,13,15,16). The van der Waals surface area contributed by atoms with Crippen LogP contribution in [0.15, 0.2) is 30.6 Å². The summed E-state index contributed by atoms with van der Waals surface area (Å²) in [4.78, 5) is 8.30. The molecular formula is C10H7N5S2. The van der Waals surface area contributed by atoms with Gasteiger partial charge in [0.1, 0.15) is 12.2 Å². The minimum Gasteiger partial charge on any atom is -0.293 e. The fourth-order valence-electron chi connectivity index (χ4n) is 1.48. The molecule has 1 aromatic carbocycles. The summed E-state index contributed by atoms with van der Waals surface area (Å²) in [5, 5.41) is 6.63. The molecule has 0 radical (unpaired) electrons. The van der Waals surface area contributed by atoms with Gasteiger partial charge in [-0.1, -0.05) is 24.3 Å². The number of hydrogen-bond acceptors (Lipinski definition) is 5. The zero-order valence-corrected chi connectivity index (χ0v) is 10.2. The van der Waals surface area contributed by atoms with Crippen molar-refractivity contribution in [3.63, 3.8) is 0 Å². The van der Waals surface area contributed by atoms with Gasteiger partial charge in [0.2, 0.25) is 0 Å². The van der Waals surface area contributed by atoms with Crippen LogP contribution in [0.5, 0.6) is 0 Å². The Balaban J connectivity index is 1.98. The molecule has 17 heavy (non-hydrogen) atoms. The minimum atomic E-state index is 0.610. The first-order chi connectivity index (χ1) is 8.33. The van der Waals surface area contributed by atoms with Crippen LogP contribution in [0, 0.1) is 3.95 Å². The molecule has 0 bridgehead atoms. The third kappa shape index (κ3) is 2.02. The lowest BCUT2D eigenvalue weighted by Gasteiger charge is -1.98. The molecule has 0 spiro atoms. The summed E-state index contributed by atoms with van der Waals surface area (Å²) in [7, 11) is 0. The third-order valence-electron chi connectivity index (χ3n) is 2.28. The Morgan fingerprint density at radius 2 is 1.76 bits per heavy atom. The van der Waals surface area contributed by atoms with Crippen LogP contribution in [0.4, 0.5) is 0 Å². The molecule has 0 aliphatic heterocycles. The summed E-state index contributed by atoms with van der Waals surface area (Å²) in [5.74, 6) is 1.55. The molecule has 7 heteroatoms. The molecule has 3 rings (SSSR count). The van der Waals surface area contributed by atoms with Crippen molar-refractivity contribution < 1.29 is 0 Å². The van der Waals surface area contributed by atoms with Gasteiger partial charge in [0.05, 0.1) is 0 Å². The number of benzene rings is 1. The molecule has 3 aromatic rings. The Bertz CT molecular complexity index is 665. The molecule has 0 amide bonds. The molecule has 2 aromatic heterocycles. The van der Waals surface area contributed by atoms with Gasteiger partial charge in [-0.2, -0.15) is 5.10 Å². The zero-order chi connectivity index (χ0) is 11.7. The van der Waals surface area contributed by atoms with E-state index in [1.54, 1.807) is 0 Å². The summed E-state index contributed by atoms with van der Waals surface area (Å²) >= 11 is 6.33. The van der Waals surface area contributed by atoms with Crippen LogP contribution < -0.4 is 0 Å². The summed E-state index contributed by atoms with van der Waals surface area (Å²) in [6.45, 7) is 0. The van der Waals surface area contributed by atoms with E-state index in [0.29, 0.717) is 3.95 Å². The number of H-pyrrole nitrogens is 2. The molecule has 2 N–H and O–H groups in total. The van der Waals surface area contributed by atoms with Crippen LogP contribution in [0.25, 0.3) is 22.8 Å². The van der Waals surface area contributed by atoms with Gasteiger partial charge in [0.15, 0.2) is 9.78 Å². The molecule has 0 saturated heterocycles. The van der Waals surface area contributed by atoms with Crippen molar-refractivity contribution >= 4 is 23.8 Å². The number of aromatic amines is 2. The second-order valence-electron chi connectivity index (χ2n) is 3.34. The molecule has 0 aliphatic carbocycles. The Hall–Kier alpha value is -1.86. The van der Waals surface area contributed by atoms with Crippen LogP contribution in [0.2, 0.25) is 0 Å². The summed E-state index contributed by atoms with van der Waals surface area (Å²) in [6, 6.07) is 7.87. The van der Waals surface area contributed by atoms with E-state index in [4.69, 9.17) is 12.2 Å². The summed E-state index contributed by atoms with van der Waals surface area (Å²) in [6.07, 6.45) is 1.49.